The molecule has 0 spiro atoms. The second-order valence-corrected chi connectivity index (χ2v) is 7.84. The van der Waals surface area contributed by atoms with Crippen LogP contribution in [0.15, 0.2) is 27.4 Å². The van der Waals surface area contributed by atoms with Crippen molar-refractivity contribution in [1.29, 1.82) is 0 Å². The molecule has 1 aliphatic carbocycles. The summed E-state index contributed by atoms with van der Waals surface area (Å²) in [5, 5.41) is 14.4. The molecule has 1 fully saturated rings. The van der Waals surface area contributed by atoms with Crippen LogP contribution < -0.4 is 20.8 Å². The fourth-order valence-corrected chi connectivity index (χ4v) is 4.30. The van der Waals surface area contributed by atoms with E-state index >= 15 is 0 Å². The van der Waals surface area contributed by atoms with E-state index in [-0.39, 0.29) is 18.8 Å². The van der Waals surface area contributed by atoms with E-state index in [2.05, 4.69) is 5.32 Å². The lowest BCUT2D eigenvalue weighted by molar-refractivity contribution is -0.310. The van der Waals surface area contributed by atoms with Crippen LogP contribution in [0.5, 0.6) is 5.75 Å². The largest absolute Gasteiger partial charge is 0.548 e. The summed E-state index contributed by atoms with van der Waals surface area (Å²) in [6.07, 6.45) is 4.52. The number of likely N-dealkylation sites (tertiary alicyclic amines) is 1. The maximum absolute atomic E-state index is 12.2. The Morgan fingerprint density at radius 1 is 1.16 bits per heavy atom. The SMILES string of the molecule is O=C(COc1ccc2c3c(c(=O)oc2c1)CCCC3)NCC(=O)N1CCC[C@H]1C(=O)[O-]. The number of fused-ring (bicyclic) bond motifs is 3. The summed E-state index contributed by atoms with van der Waals surface area (Å²) in [6, 6.07) is 4.18. The number of ether oxygens (including phenoxy) is 1. The van der Waals surface area contributed by atoms with Gasteiger partial charge in [-0.25, -0.2) is 4.79 Å². The molecular formula is C22H23N2O7-. The highest BCUT2D eigenvalue weighted by Gasteiger charge is 2.29. The molecule has 164 valence electrons. The smallest absolute Gasteiger partial charge is 0.339 e. The molecule has 2 amide bonds. The van der Waals surface area contributed by atoms with Crippen molar-refractivity contribution >= 4 is 28.8 Å². The van der Waals surface area contributed by atoms with Gasteiger partial charge in [0, 0.05) is 23.6 Å². The summed E-state index contributed by atoms with van der Waals surface area (Å²) in [6.45, 7) is -0.321. The van der Waals surface area contributed by atoms with Crippen LogP contribution in [0.3, 0.4) is 0 Å². The first-order valence-corrected chi connectivity index (χ1v) is 10.4. The molecule has 2 aliphatic rings. The monoisotopic (exact) mass is 427 g/mol. The number of nitrogens with zero attached hydrogens (tertiary/aromatic N) is 1. The van der Waals surface area contributed by atoms with Gasteiger partial charge < -0.3 is 29.3 Å². The summed E-state index contributed by atoms with van der Waals surface area (Å²) >= 11 is 0. The topological polar surface area (TPSA) is 129 Å². The lowest BCUT2D eigenvalue weighted by Gasteiger charge is -2.25. The van der Waals surface area contributed by atoms with E-state index in [1.165, 1.54) is 4.90 Å². The zero-order chi connectivity index (χ0) is 22.0. The van der Waals surface area contributed by atoms with Crippen molar-refractivity contribution < 1.29 is 28.6 Å². The minimum absolute atomic E-state index is 0.315. The average molecular weight is 427 g/mol. The Hall–Kier alpha value is -3.36. The van der Waals surface area contributed by atoms with Crippen LogP contribution in [0.2, 0.25) is 0 Å². The Labute approximate surface area is 178 Å². The quantitative estimate of drug-likeness (QED) is 0.638. The number of aryl methyl sites for hydroxylation is 1. The van der Waals surface area contributed by atoms with Gasteiger partial charge in [0.05, 0.1) is 18.6 Å². The van der Waals surface area contributed by atoms with Crippen molar-refractivity contribution in [3.8, 4) is 5.75 Å². The lowest BCUT2D eigenvalue weighted by Crippen LogP contribution is -2.50. The van der Waals surface area contributed by atoms with Crippen molar-refractivity contribution in [2.24, 2.45) is 0 Å². The molecule has 1 N–H and O–H groups in total. The molecule has 0 radical (unpaired) electrons. The van der Waals surface area contributed by atoms with Crippen LogP contribution in [0.25, 0.3) is 11.0 Å². The van der Waals surface area contributed by atoms with Gasteiger partial charge in [0.2, 0.25) is 5.91 Å². The number of carboxylic acids is 1. The van der Waals surface area contributed by atoms with Gasteiger partial charge >= 0.3 is 5.63 Å². The molecule has 1 atom stereocenters. The van der Waals surface area contributed by atoms with E-state index < -0.39 is 23.8 Å². The van der Waals surface area contributed by atoms with Gasteiger partial charge in [0.25, 0.3) is 5.91 Å². The average Bonchev–Trinajstić information content (AvgIpc) is 3.26. The molecule has 1 aromatic heterocycles. The maximum Gasteiger partial charge on any atom is 0.339 e. The Morgan fingerprint density at radius 2 is 1.94 bits per heavy atom. The summed E-state index contributed by atoms with van der Waals surface area (Å²) in [5.41, 5.74) is 1.86. The van der Waals surface area contributed by atoms with E-state index in [0.717, 1.165) is 42.2 Å². The van der Waals surface area contributed by atoms with Crippen LogP contribution >= 0.6 is 0 Å². The molecule has 9 nitrogen and oxygen atoms in total. The third kappa shape index (κ3) is 4.40. The van der Waals surface area contributed by atoms with Crippen molar-refractivity contribution in [2.45, 2.75) is 44.6 Å². The molecule has 2 aromatic rings. The minimum atomic E-state index is -1.29. The molecular weight excluding hydrogens is 404 g/mol. The van der Waals surface area contributed by atoms with Gasteiger partial charge in [-0.3, -0.25) is 9.59 Å². The van der Waals surface area contributed by atoms with Crippen molar-refractivity contribution in [3.63, 3.8) is 0 Å². The fraction of sp³-hybridized carbons (Fsp3) is 0.455. The van der Waals surface area contributed by atoms with E-state index in [1.807, 2.05) is 6.07 Å². The highest BCUT2D eigenvalue weighted by atomic mass is 16.5. The molecule has 1 aliphatic heterocycles. The molecule has 31 heavy (non-hydrogen) atoms. The lowest BCUT2D eigenvalue weighted by atomic mass is 9.91. The van der Waals surface area contributed by atoms with Crippen LogP contribution in [0.4, 0.5) is 0 Å². The number of carboxylic acid groups (broad SMARTS) is 1. The van der Waals surface area contributed by atoms with Gasteiger partial charge in [0.1, 0.15) is 11.3 Å². The van der Waals surface area contributed by atoms with E-state index in [1.54, 1.807) is 12.1 Å². The summed E-state index contributed by atoms with van der Waals surface area (Å²) in [7, 11) is 0. The van der Waals surface area contributed by atoms with E-state index in [4.69, 9.17) is 9.15 Å². The first-order valence-electron chi connectivity index (χ1n) is 10.4. The maximum atomic E-state index is 12.2. The fourth-order valence-electron chi connectivity index (χ4n) is 4.30. The second-order valence-electron chi connectivity index (χ2n) is 7.84. The zero-order valence-electron chi connectivity index (χ0n) is 17.0. The first-order chi connectivity index (χ1) is 14.9. The number of rotatable bonds is 6. The van der Waals surface area contributed by atoms with Crippen LogP contribution in [-0.4, -0.2) is 48.4 Å². The third-order valence-electron chi connectivity index (χ3n) is 5.85. The number of benzene rings is 1. The van der Waals surface area contributed by atoms with Gasteiger partial charge in [-0.15, -0.1) is 0 Å². The Morgan fingerprint density at radius 3 is 2.71 bits per heavy atom. The van der Waals surface area contributed by atoms with Crippen LogP contribution in [-0.2, 0) is 27.2 Å². The molecule has 1 aromatic carbocycles. The Kier molecular flexibility index (Phi) is 5.92. The van der Waals surface area contributed by atoms with Crippen LogP contribution in [0, 0.1) is 0 Å². The molecule has 2 heterocycles. The number of carbonyl (C=O) groups is 3. The van der Waals surface area contributed by atoms with Crippen molar-refractivity contribution in [3.05, 3.63) is 39.7 Å². The summed E-state index contributed by atoms with van der Waals surface area (Å²) < 4.78 is 10.9. The normalized spacial score (nSPS) is 17.9. The summed E-state index contributed by atoms with van der Waals surface area (Å²) in [5.74, 6) is -1.92. The molecule has 0 unspecified atom stereocenters. The second kappa shape index (κ2) is 8.79. The molecule has 0 bridgehead atoms. The predicted molar refractivity (Wildman–Crippen MR) is 107 cm³/mol. The number of carbonyl (C=O) groups excluding carboxylic acids is 3. The van der Waals surface area contributed by atoms with Gasteiger partial charge in [-0.2, -0.15) is 0 Å². The number of amides is 2. The summed E-state index contributed by atoms with van der Waals surface area (Å²) in [4.78, 5) is 48.7. The Bertz CT molecular complexity index is 1090. The van der Waals surface area contributed by atoms with Gasteiger partial charge in [-0.05, 0) is 56.2 Å². The van der Waals surface area contributed by atoms with Crippen molar-refractivity contribution in [1.82, 2.24) is 10.2 Å². The molecule has 4 rings (SSSR count). The van der Waals surface area contributed by atoms with Gasteiger partial charge in [0.15, 0.2) is 6.61 Å². The molecule has 0 saturated carbocycles. The molecule has 9 heteroatoms. The van der Waals surface area contributed by atoms with Crippen molar-refractivity contribution in [2.75, 3.05) is 19.7 Å². The van der Waals surface area contributed by atoms with Gasteiger partial charge in [-0.1, -0.05) is 0 Å². The number of nitrogens with one attached hydrogen (secondary N) is 1. The number of aliphatic carboxylic acids is 1. The minimum Gasteiger partial charge on any atom is -0.548 e. The molecule has 1 saturated heterocycles. The number of hydrogen-bond acceptors (Lipinski definition) is 7. The van der Waals surface area contributed by atoms with E-state index in [9.17, 15) is 24.3 Å². The standard InChI is InChI=1S/C22H24N2O7/c25-19(23-11-20(26)24-9-3-6-17(24)21(27)28)12-30-13-7-8-15-14-4-1-2-5-16(14)22(29)31-18(15)10-13/h7-8,10,17H,1-6,9,11-12H2,(H,23,25)(H,27,28)/p-1/t17-/m0/s1. The highest BCUT2D eigenvalue weighted by molar-refractivity contribution is 5.88. The number of hydrogen-bond donors (Lipinski definition) is 1. The van der Waals surface area contributed by atoms with E-state index in [0.29, 0.717) is 30.7 Å². The highest BCUT2D eigenvalue weighted by Crippen LogP contribution is 2.29. The first kappa shape index (κ1) is 20.9. The van der Waals surface area contributed by atoms with Crippen LogP contribution in [0.1, 0.15) is 36.8 Å². The zero-order valence-corrected chi connectivity index (χ0v) is 17.0. The predicted octanol–water partition coefficient (Wildman–Crippen LogP) is -0.0923. The Balaban J connectivity index is 1.34. The third-order valence-corrected chi connectivity index (χ3v) is 5.85.